The first-order valence-electron chi connectivity index (χ1n) is 9.16. The number of nitrogens with one attached hydrogen (secondary N) is 1. The molecule has 148 valence electrons. The van der Waals surface area contributed by atoms with E-state index in [0.29, 0.717) is 0 Å². The van der Waals surface area contributed by atoms with Gasteiger partial charge < -0.3 is 15.1 Å². The van der Waals surface area contributed by atoms with Gasteiger partial charge in [-0.25, -0.2) is 4.68 Å². The molecule has 6 nitrogen and oxygen atoms in total. The second kappa shape index (κ2) is 9.92. The molecule has 0 amide bonds. The van der Waals surface area contributed by atoms with Gasteiger partial charge in [-0.3, -0.25) is 4.99 Å². The highest BCUT2D eigenvalue weighted by Crippen LogP contribution is 2.22. The smallest absolute Gasteiger partial charge is 0.194 e. The van der Waals surface area contributed by atoms with Crippen LogP contribution in [0.15, 0.2) is 65.2 Å². The molecule has 0 unspecified atom stereocenters. The van der Waals surface area contributed by atoms with Gasteiger partial charge in [0.25, 0.3) is 0 Å². The van der Waals surface area contributed by atoms with Gasteiger partial charge in [-0.05, 0) is 41.3 Å². The van der Waals surface area contributed by atoms with E-state index in [0.717, 1.165) is 44.4 Å². The summed E-state index contributed by atoms with van der Waals surface area (Å²) in [6, 6.07) is 14.7. The lowest BCUT2D eigenvalue weighted by atomic mass is 10.2. The van der Waals surface area contributed by atoms with Crippen LogP contribution in [0.5, 0.6) is 0 Å². The van der Waals surface area contributed by atoms with Crippen molar-refractivity contribution >= 4 is 46.3 Å². The number of piperazine rings is 1. The molecule has 0 radical (unpaired) electrons. The molecule has 1 aromatic carbocycles. The third-order valence-electron chi connectivity index (χ3n) is 4.74. The largest absolute Gasteiger partial charge is 0.360 e. The summed E-state index contributed by atoms with van der Waals surface area (Å²) in [7, 11) is 1.86. The van der Waals surface area contributed by atoms with Crippen LogP contribution in [0.1, 0.15) is 5.56 Å². The van der Waals surface area contributed by atoms with Gasteiger partial charge in [-0.2, -0.15) is 5.10 Å². The monoisotopic (exact) mass is 508 g/mol. The van der Waals surface area contributed by atoms with Gasteiger partial charge in [0.1, 0.15) is 0 Å². The van der Waals surface area contributed by atoms with Crippen LogP contribution < -0.4 is 10.2 Å². The number of benzene rings is 1. The van der Waals surface area contributed by atoms with Gasteiger partial charge in [-0.15, -0.1) is 35.3 Å². The molecule has 0 saturated carbocycles. The Hall–Kier alpha value is -2.07. The normalized spacial score (nSPS) is 14.7. The van der Waals surface area contributed by atoms with Crippen molar-refractivity contribution in [1.82, 2.24) is 20.0 Å². The number of nitrogens with zero attached hydrogens (tertiary/aromatic N) is 5. The Bertz CT molecular complexity index is 870. The summed E-state index contributed by atoms with van der Waals surface area (Å²) in [6.45, 7) is 4.74. The molecule has 1 fully saturated rings. The van der Waals surface area contributed by atoms with E-state index in [1.807, 2.05) is 24.0 Å². The number of guanidine groups is 1. The van der Waals surface area contributed by atoms with Gasteiger partial charge >= 0.3 is 0 Å². The maximum Gasteiger partial charge on any atom is 0.194 e. The highest BCUT2D eigenvalue weighted by Gasteiger charge is 2.20. The fourth-order valence-corrected chi connectivity index (χ4v) is 4.12. The van der Waals surface area contributed by atoms with Crippen LogP contribution in [0.25, 0.3) is 5.69 Å². The molecule has 0 bridgehead atoms. The highest BCUT2D eigenvalue weighted by atomic mass is 127. The molecule has 0 atom stereocenters. The predicted molar refractivity (Wildman–Crippen MR) is 127 cm³/mol. The second-order valence-electron chi connectivity index (χ2n) is 6.45. The lowest BCUT2D eigenvalue weighted by molar-refractivity contribution is 0.373. The third kappa shape index (κ3) is 4.85. The molecule has 28 heavy (non-hydrogen) atoms. The molecule has 3 heterocycles. The van der Waals surface area contributed by atoms with Crippen LogP contribution in [0.4, 0.5) is 5.00 Å². The molecule has 1 saturated heterocycles. The molecule has 1 aliphatic heterocycles. The summed E-state index contributed by atoms with van der Waals surface area (Å²) in [5, 5.41) is 11.3. The number of hydrogen-bond acceptors (Lipinski definition) is 4. The van der Waals surface area contributed by atoms with E-state index in [1.165, 1.54) is 10.6 Å². The van der Waals surface area contributed by atoms with Crippen LogP contribution in [-0.4, -0.2) is 53.9 Å². The van der Waals surface area contributed by atoms with Crippen LogP contribution in [-0.2, 0) is 6.54 Å². The van der Waals surface area contributed by atoms with Gasteiger partial charge in [0, 0.05) is 52.2 Å². The van der Waals surface area contributed by atoms with Crippen LogP contribution >= 0.6 is 35.3 Å². The number of rotatable bonds is 4. The van der Waals surface area contributed by atoms with Gasteiger partial charge in [0.2, 0.25) is 0 Å². The maximum atomic E-state index is 4.48. The standard InChI is InChI=1S/C20H24N6S.HI/c1-21-20(25-12-10-24(11-13-25)19-7-3-14-27-19)22-16-17-5-2-6-18(15-17)26-9-4-8-23-26;/h2-9,14-15H,10-13,16H2,1H3,(H,21,22);1H. The Morgan fingerprint density at radius 3 is 2.68 bits per heavy atom. The van der Waals surface area contributed by atoms with E-state index in [2.05, 4.69) is 67.0 Å². The number of anilines is 1. The molecular formula is C20H25IN6S. The summed E-state index contributed by atoms with van der Waals surface area (Å²) < 4.78 is 1.88. The summed E-state index contributed by atoms with van der Waals surface area (Å²) in [5.41, 5.74) is 2.28. The van der Waals surface area contributed by atoms with Crippen molar-refractivity contribution in [3.63, 3.8) is 0 Å². The zero-order valence-electron chi connectivity index (χ0n) is 15.9. The number of thiophene rings is 1. The molecule has 1 N–H and O–H groups in total. The Labute approximate surface area is 186 Å². The lowest BCUT2D eigenvalue weighted by Crippen LogP contribution is -2.52. The van der Waals surface area contributed by atoms with Crippen LogP contribution in [0.2, 0.25) is 0 Å². The molecule has 0 aliphatic carbocycles. The quantitative estimate of drug-likeness (QED) is 0.333. The SMILES string of the molecule is CN=C(NCc1cccc(-n2cccn2)c1)N1CCN(c2cccs2)CC1.I. The summed E-state index contributed by atoms with van der Waals surface area (Å²) in [6.07, 6.45) is 3.75. The average Bonchev–Trinajstić information content (AvgIpc) is 3.43. The van der Waals surface area contributed by atoms with Gasteiger partial charge in [0.05, 0.1) is 10.7 Å². The van der Waals surface area contributed by atoms with E-state index < -0.39 is 0 Å². The van der Waals surface area contributed by atoms with Crippen molar-refractivity contribution < 1.29 is 0 Å². The zero-order chi connectivity index (χ0) is 18.5. The van der Waals surface area contributed by atoms with Crippen molar-refractivity contribution in [1.29, 1.82) is 0 Å². The Balaban J connectivity index is 0.00000225. The van der Waals surface area contributed by atoms with E-state index >= 15 is 0 Å². The molecular weight excluding hydrogens is 483 g/mol. The van der Waals surface area contributed by atoms with E-state index in [9.17, 15) is 0 Å². The molecule has 3 aromatic rings. The summed E-state index contributed by atoms with van der Waals surface area (Å²) >= 11 is 1.81. The molecule has 2 aromatic heterocycles. The predicted octanol–water partition coefficient (Wildman–Crippen LogP) is 3.45. The number of aliphatic imine (C=N–C) groups is 1. The third-order valence-corrected chi connectivity index (χ3v) is 5.67. The summed E-state index contributed by atoms with van der Waals surface area (Å²) in [4.78, 5) is 9.27. The van der Waals surface area contributed by atoms with Crippen molar-refractivity contribution in [2.24, 2.45) is 4.99 Å². The molecule has 0 spiro atoms. The lowest BCUT2D eigenvalue weighted by Gasteiger charge is -2.37. The molecule has 4 rings (SSSR count). The topological polar surface area (TPSA) is 48.7 Å². The van der Waals surface area contributed by atoms with E-state index in [1.54, 1.807) is 17.5 Å². The minimum Gasteiger partial charge on any atom is -0.360 e. The first kappa shape index (κ1) is 20.7. The van der Waals surface area contributed by atoms with Crippen LogP contribution in [0, 0.1) is 0 Å². The zero-order valence-corrected chi connectivity index (χ0v) is 19.0. The molecule has 8 heteroatoms. The number of halogens is 1. The molecule has 1 aliphatic rings. The minimum atomic E-state index is 0. The van der Waals surface area contributed by atoms with E-state index in [-0.39, 0.29) is 24.0 Å². The minimum absolute atomic E-state index is 0. The van der Waals surface area contributed by atoms with Gasteiger partial charge in [-0.1, -0.05) is 12.1 Å². The Morgan fingerprint density at radius 1 is 1.14 bits per heavy atom. The van der Waals surface area contributed by atoms with Crippen molar-refractivity contribution in [3.05, 3.63) is 65.8 Å². The summed E-state index contributed by atoms with van der Waals surface area (Å²) in [5.74, 6) is 0.963. The van der Waals surface area contributed by atoms with Crippen LogP contribution in [0.3, 0.4) is 0 Å². The first-order chi connectivity index (χ1) is 13.3. The Morgan fingerprint density at radius 2 is 2.00 bits per heavy atom. The van der Waals surface area contributed by atoms with Crippen molar-refractivity contribution in [2.75, 3.05) is 38.1 Å². The fraction of sp³-hybridized carbons (Fsp3) is 0.300. The van der Waals surface area contributed by atoms with Crippen molar-refractivity contribution in [3.8, 4) is 5.69 Å². The number of hydrogen-bond donors (Lipinski definition) is 1. The first-order valence-corrected chi connectivity index (χ1v) is 10.0. The highest BCUT2D eigenvalue weighted by molar-refractivity contribution is 14.0. The second-order valence-corrected chi connectivity index (χ2v) is 7.37. The van der Waals surface area contributed by atoms with Crippen molar-refractivity contribution in [2.45, 2.75) is 6.54 Å². The Kier molecular flexibility index (Phi) is 7.32. The van der Waals surface area contributed by atoms with E-state index in [4.69, 9.17) is 0 Å². The average molecular weight is 508 g/mol. The number of aromatic nitrogens is 2. The van der Waals surface area contributed by atoms with Gasteiger partial charge in [0.15, 0.2) is 5.96 Å². The fourth-order valence-electron chi connectivity index (χ4n) is 3.33. The maximum absolute atomic E-state index is 4.48.